The Morgan fingerprint density at radius 1 is 1.03 bits per heavy atom. The maximum atomic E-state index is 13.1. The first kappa shape index (κ1) is 25.8. The van der Waals surface area contributed by atoms with Crippen molar-refractivity contribution in [3.05, 3.63) is 72.1 Å². The molecule has 0 saturated heterocycles. The lowest BCUT2D eigenvalue weighted by Gasteiger charge is -2.27. The Labute approximate surface area is 212 Å². The molecule has 2 N–H and O–H groups in total. The number of hydrogen-bond donors (Lipinski definition) is 2. The van der Waals surface area contributed by atoms with Gasteiger partial charge in [0.2, 0.25) is 5.91 Å². The van der Waals surface area contributed by atoms with Crippen molar-refractivity contribution in [3.63, 3.8) is 0 Å². The van der Waals surface area contributed by atoms with E-state index in [1.807, 2.05) is 48.5 Å². The highest BCUT2D eigenvalue weighted by atomic mass is 16.6. The standard InChI is InChI=1S/C29H35N3O4/c1-19(2)12-13-21(28(34)31-22-14-15-22)17-26(33)27(16-20-8-4-3-5-9-20)36-29(35)25-18-30-23-10-6-7-11-24(23)32-25/h3-11,18-19,21-22,26-27,33H,12-17H2,1-2H3,(H,31,34)/t21-,26+,27+/m1/s1. The quantitative estimate of drug-likeness (QED) is 0.364. The van der Waals surface area contributed by atoms with Gasteiger partial charge >= 0.3 is 5.97 Å². The van der Waals surface area contributed by atoms with Crippen LogP contribution in [0.25, 0.3) is 11.0 Å². The van der Waals surface area contributed by atoms with Crippen LogP contribution < -0.4 is 5.32 Å². The van der Waals surface area contributed by atoms with Gasteiger partial charge in [0.05, 0.1) is 23.3 Å². The molecule has 4 rings (SSSR count). The lowest BCUT2D eigenvalue weighted by Crippen LogP contribution is -2.39. The number of carbonyl (C=O) groups is 2. The Kier molecular flexibility index (Phi) is 8.65. The van der Waals surface area contributed by atoms with E-state index in [4.69, 9.17) is 4.74 Å². The van der Waals surface area contributed by atoms with E-state index in [-0.39, 0.29) is 30.0 Å². The Balaban J connectivity index is 1.51. The van der Waals surface area contributed by atoms with Gasteiger partial charge in [0, 0.05) is 18.4 Å². The van der Waals surface area contributed by atoms with Gasteiger partial charge in [-0.15, -0.1) is 0 Å². The number of aliphatic hydroxyl groups excluding tert-OH is 1. The zero-order chi connectivity index (χ0) is 25.5. The molecule has 0 spiro atoms. The second-order valence-corrected chi connectivity index (χ2v) is 10.1. The molecular formula is C29H35N3O4. The molecule has 0 unspecified atom stereocenters. The van der Waals surface area contributed by atoms with Crippen LogP contribution in [-0.2, 0) is 16.0 Å². The third-order valence-electron chi connectivity index (χ3n) is 6.54. The molecule has 1 aromatic heterocycles. The Morgan fingerprint density at radius 3 is 2.42 bits per heavy atom. The van der Waals surface area contributed by atoms with Gasteiger partial charge in [0.1, 0.15) is 6.10 Å². The summed E-state index contributed by atoms with van der Waals surface area (Å²) >= 11 is 0. The minimum Gasteiger partial charge on any atom is -0.454 e. The number of esters is 1. The molecule has 1 aliphatic rings. The summed E-state index contributed by atoms with van der Waals surface area (Å²) < 4.78 is 5.83. The Morgan fingerprint density at radius 2 is 1.72 bits per heavy atom. The van der Waals surface area contributed by atoms with Gasteiger partial charge in [-0.1, -0.05) is 62.7 Å². The molecule has 1 heterocycles. The highest BCUT2D eigenvalue weighted by Crippen LogP contribution is 2.25. The van der Waals surface area contributed by atoms with Crippen LogP contribution in [0.5, 0.6) is 0 Å². The predicted molar refractivity (Wildman–Crippen MR) is 138 cm³/mol. The molecule has 190 valence electrons. The second kappa shape index (κ2) is 12.1. The average Bonchev–Trinajstić information content (AvgIpc) is 3.70. The van der Waals surface area contributed by atoms with Crippen LogP contribution in [0.1, 0.15) is 62.0 Å². The fraction of sp³-hybridized carbons (Fsp3) is 0.448. The molecule has 7 heteroatoms. The van der Waals surface area contributed by atoms with Crippen LogP contribution in [0, 0.1) is 11.8 Å². The Hall–Kier alpha value is -3.32. The summed E-state index contributed by atoms with van der Waals surface area (Å²) in [4.78, 5) is 34.7. The first-order valence-corrected chi connectivity index (χ1v) is 12.8. The van der Waals surface area contributed by atoms with Crippen molar-refractivity contribution in [1.82, 2.24) is 15.3 Å². The zero-order valence-corrected chi connectivity index (χ0v) is 21.0. The van der Waals surface area contributed by atoms with Crippen LogP contribution >= 0.6 is 0 Å². The number of carbonyl (C=O) groups excluding carboxylic acids is 2. The van der Waals surface area contributed by atoms with Crippen molar-refractivity contribution in [1.29, 1.82) is 0 Å². The number of para-hydroxylation sites is 2. The van der Waals surface area contributed by atoms with Gasteiger partial charge in [0.15, 0.2) is 5.69 Å². The number of aliphatic hydroxyl groups is 1. The van der Waals surface area contributed by atoms with Crippen LogP contribution in [0.15, 0.2) is 60.8 Å². The SMILES string of the molecule is CC(C)CC[C@H](C[C@H](O)[C@H](Cc1ccccc1)OC(=O)c1cnc2ccccc2n1)C(=O)NC1CC1. The second-order valence-electron chi connectivity index (χ2n) is 10.1. The van der Waals surface area contributed by atoms with Crippen LogP contribution in [0.4, 0.5) is 0 Å². The summed E-state index contributed by atoms with van der Waals surface area (Å²) in [5.41, 5.74) is 2.30. The number of benzene rings is 2. The summed E-state index contributed by atoms with van der Waals surface area (Å²) in [6.45, 7) is 4.24. The van der Waals surface area contributed by atoms with Gasteiger partial charge in [-0.2, -0.15) is 0 Å². The van der Waals surface area contributed by atoms with E-state index in [0.29, 0.717) is 29.8 Å². The van der Waals surface area contributed by atoms with Crippen molar-refractivity contribution >= 4 is 22.9 Å². The van der Waals surface area contributed by atoms with Crippen molar-refractivity contribution in [2.75, 3.05) is 0 Å². The highest BCUT2D eigenvalue weighted by molar-refractivity contribution is 5.89. The van der Waals surface area contributed by atoms with E-state index in [0.717, 1.165) is 24.8 Å². The number of rotatable bonds is 12. The topological polar surface area (TPSA) is 101 Å². The maximum absolute atomic E-state index is 13.1. The van der Waals surface area contributed by atoms with Gasteiger partial charge in [-0.25, -0.2) is 9.78 Å². The molecule has 0 aliphatic heterocycles. The summed E-state index contributed by atoms with van der Waals surface area (Å²) in [7, 11) is 0. The molecule has 0 radical (unpaired) electrons. The van der Waals surface area contributed by atoms with Crippen LogP contribution in [0.2, 0.25) is 0 Å². The van der Waals surface area contributed by atoms with E-state index in [1.165, 1.54) is 6.20 Å². The molecule has 1 amide bonds. The van der Waals surface area contributed by atoms with Crippen molar-refractivity contribution < 1.29 is 19.4 Å². The first-order chi connectivity index (χ1) is 17.4. The molecule has 7 nitrogen and oxygen atoms in total. The lowest BCUT2D eigenvalue weighted by atomic mass is 9.89. The largest absolute Gasteiger partial charge is 0.454 e. The summed E-state index contributed by atoms with van der Waals surface area (Å²) in [6.07, 6.45) is 3.67. The fourth-order valence-corrected chi connectivity index (χ4v) is 4.24. The zero-order valence-electron chi connectivity index (χ0n) is 21.0. The predicted octanol–water partition coefficient (Wildman–Crippen LogP) is 4.48. The van der Waals surface area contributed by atoms with E-state index in [2.05, 4.69) is 29.1 Å². The summed E-state index contributed by atoms with van der Waals surface area (Å²) in [6, 6.07) is 17.1. The molecule has 1 aliphatic carbocycles. The lowest BCUT2D eigenvalue weighted by molar-refractivity contribution is -0.127. The molecule has 1 fully saturated rings. The number of aromatic nitrogens is 2. The molecule has 3 atom stereocenters. The van der Waals surface area contributed by atoms with Crippen molar-refractivity contribution in [3.8, 4) is 0 Å². The molecule has 1 saturated carbocycles. The van der Waals surface area contributed by atoms with Gasteiger partial charge < -0.3 is 15.2 Å². The van der Waals surface area contributed by atoms with E-state index in [1.54, 1.807) is 6.07 Å². The third-order valence-corrected chi connectivity index (χ3v) is 6.54. The van der Waals surface area contributed by atoms with Crippen molar-refractivity contribution in [2.24, 2.45) is 11.8 Å². The van der Waals surface area contributed by atoms with E-state index >= 15 is 0 Å². The minimum atomic E-state index is -1.01. The van der Waals surface area contributed by atoms with Gasteiger partial charge in [-0.05, 0) is 49.3 Å². The molecule has 3 aromatic rings. The smallest absolute Gasteiger partial charge is 0.358 e. The Bertz CT molecular complexity index is 1160. The number of fused-ring (bicyclic) bond motifs is 1. The monoisotopic (exact) mass is 489 g/mol. The highest BCUT2D eigenvalue weighted by Gasteiger charge is 2.32. The van der Waals surface area contributed by atoms with Crippen LogP contribution in [0.3, 0.4) is 0 Å². The maximum Gasteiger partial charge on any atom is 0.358 e. The minimum absolute atomic E-state index is 0.0256. The number of ether oxygens (including phenoxy) is 1. The van der Waals surface area contributed by atoms with Crippen LogP contribution in [-0.4, -0.2) is 45.2 Å². The fourth-order valence-electron chi connectivity index (χ4n) is 4.24. The van der Waals surface area contributed by atoms with Crippen molar-refractivity contribution in [2.45, 2.75) is 70.6 Å². The summed E-state index contributed by atoms with van der Waals surface area (Å²) in [5.74, 6) is -0.569. The number of hydrogen-bond acceptors (Lipinski definition) is 6. The van der Waals surface area contributed by atoms with E-state index in [9.17, 15) is 14.7 Å². The first-order valence-electron chi connectivity index (χ1n) is 12.8. The number of nitrogens with zero attached hydrogens (tertiary/aromatic N) is 2. The molecule has 36 heavy (non-hydrogen) atoms. The molecular weight excluding hydrogens is 454 g/mol. The average molecular weight is 490 g/mol. The normalized spacial score (nSPS) is 15.9. The number of amides is 1. The molecule has 2 aromatic carbocycles. The van der Waals surface area contributed by atoms with E-state index < -0.39 is 18.2 Å². The number of nitrogens with one attached hydrogen (secondary N) is 1. The third kappa shape index (κ3) is 7.34. The molecule has 0 bridgehead atoms. The van der Waals surface area contributed by atoms with Gasteiger partial charge in [0.25, 0.3) is 0 Å². The summed E-state index contributed by atoms with van der Waals surface area (Å²) in [5, 5.41) is 14.4. The van der Waals surface area contributed by atoms with Gasteiger partial charge in [-0.3, -0.25) is 9.78 Å².